The Labute approximate surface area is 484 Å². The van der Waals surface area contributed by atoms with Crippen LogP contribution in [-0.4, -0.2) is 84.0 Å². The Balaban J connectivity index is 0.000000210. The molecule has 2 N–H and O–H groups in total. The summed E-state index contributed by atoms with van der Waals surface area (Å²) in [6, 6.07) is 24.9. The molecule has 4 aromatic carbocycles. The van der Waals surface area contributed by atoms with E-state index in [4.69, 9.17) is 61.1 Å². The molecule has 2 atom stereocenters. The zero-order valence-corrected chi connectivity index (χ0v) is 49.8. The predicted octanol–water partition coefficient (Wildman–Crippen LogP) is 14.4. The summed E-state index contributed by atoms with van der Waals surface area (Å²) in [4.78, 5) is 67.8. The number of methoxy groups -OCH3 is 1. The van der Waals surface area contributed by atoms with Crippen molar-refractivity contribution in [3.8, 4) is 0 Å². The first-order valence-corrected chi connectivity index (χ1v) is 29.1. The molecule has 9 rings (SSSR count). The van der Waals surface area contributed by atoms with Crippen LogP contribution in [0.3, 0.4) is 0 Å². The number of H-pyrrole nitrogens is 1. The number of esters is 1. The van der Waals surface area contributed by atoms with Gasteiger partial charge in [-0.1, -0.05) is 144 Å². The maximum atomic E-state index is 14.4. The first-order chi connectivity index (χ1) is 37.5. The number of carbonyl (C=O) groups excluding carboxylic acids is 4. The number of carbonyl (C=O) groups is 4. The van der Waals surface area contributed by atoms with E-state index < -0.39 is 11.3 Å². The highest BCUT2D eigenvalue weighted by atomic mass is 35.5. The Morgan fingerprint density at radius 2 is 1.04 bits per heavy atom. The summed E-state index contributed by atoms with van der Waals surface area (Å²) in [6.07, 6.45) is 10.5. The number of nitrogens with zero attached hydrogens (tertiary/aromatic N) is 7. The topological polar surface area (TPSA) is 175 Å². The third-order valence-electron chi connectivity index (χ3n) is 16.5. The van der Waals surface area contributed by atoms with E-state index in [-0.39, 0.29) is 53.1 Å². The number of aromatic nitrogens is 4. The normalized spacial score (nSPS) is 22.1. The number of hydrogen-bond acceptors (Lipinski definition) is 10. The highest BCUT2D eigenvalue weighted by Crippen LogP contribution is 2.52. The average Bonchev–Trinajstić information content (AvgIpc) is 4.20. The molecule has 1 aromatic heterocycles. The van der Waals surface area contributed by atoms with Gasteiger partial charge in [0.05, 0.1) is 31.3 Å². The summed E-state index contributed by atoms with van der Waals surface area (Å²) in [6.45, 7) is 18.1. The second kappa shape index (κ2) is 24.6. The van der Waals surface area contributed by atoms with Gasteiger partial charge in [-0.05, 0) is 159 Å². The SMILES string of the molecule is CCC[C@H](c1ccc(C(=O)NCc2nn[nH]n2)cc1)N1C(=O)C(c2cc(Cl)cc(Cl)c2)=NC12CCC(C(C)(C)C)CC2.CCC[C@H](c1ccc(C(=O)OC)cc1)N1C(=O)C(c2cc(Cl)cc(Cl)c2)=NC12CCC(C(C)(C)C)CC2. The molecule has 2 saturated carbocycles. The molecule has 3 heterocycles. The number of hydrogen-bond donors (Lipinski definition) is 2. The Hall–Kier alpha value is -5.67. The van der Waals surface area contributed by atoms with Crippen molar-refractivity contribution in [3.05, 3.63) is 144 Å². The third kappa shape index (κ3) is 13.2. The van der Waals surface area contributed by atoms with Crippen molar-refractivity contribution >= 4 is 81.5 Å². The van der Waals surface area contributed by atoms with Crippen LogP contribution >= 0.6 is 46.4 Å². The zero-order valence-electron chi connectivity index (χ0n) is 46.8. The summed E-state index contributed by atoms with van der Waals surface area (Å²) >= 11 is 25.3. The van der Waals surface area contributed by atoms with E-state index >= 15 is 0 Å². The van der Waals surface area contributed by atoms with Crippen molar-refractivity contribution < 1.29 is 23.9 Å². The second-order valence-corrected chi connectivity index (χ2v) is 25.4. The van der Waals surface area contributed by atoms with Gasteiger partial charge in [0, 0.05) is 36.8 Å². The smallest absolute Gasteiger partial charge is 0.337 e. The van der Waals surface area contributed by atoms with E-state index in [1.165, 1.54) is 7.11 Å². The van der Waals surface area contributed by atoms with E-state index in [0.29, 0.717) is 71.4 Å². The molecule has 4 aliphatic rings. The van der Waals surface area contributed by atoms with Crippen LogP contribution < -0.4 is 5.32 Å². The van der Waals surface area contributed by atoms with Crippen molar-refractivity contribution in [1.29, 1.82) is 0 Å². The molecule has 420 valence electrons. The van der Waals surface area contributed by atoms with Gasteiger partial charge in [-0.15, -0.1) is 10.2 Å². The van der Waals surface area contributed by atoms with E-state index in [0.717, 1.165) is 88.2 Å². The number of halogens is 4. The molecular formula is C61H73Cl4N9O5. The number of aromatic amines is 1. The molecule has 79 heavy (non-hydrogen) atoms. The Morgan fingerprint density at radius 3 is 1.38 bits per heavy atom. The molecule has 0 saturated heterocycles. The Kier molecular flexibility index (Phi) is 18.5. The number of nitrogens with one attached hydrogen (secondary N) is 2. The fourth-order valence-electron chi connectivity index (χ4n) is 12.2. The van der Waals surface area contributed by atoms with Crippen molar-refractivity contribution in [2.45, 2.75) is 162 Å². The lowest BCUT2D eigenvalue weighted by atomic mass is 9.69. The van der Waals surface area contributed by atoms with Crippen LogP contribution in [0.5, 0.6) is 0 Å². The highest BCUT2D eigenvalue weighted by Gasteiger charge is 2.54. The molecule has 2 aliphatic carbocycles. The minimum atomic E-state index is -0.649. The van der Waals surface area contributed by atoms with Gasteiger partial charge < -0.3 is 19.9 Å². The standard InChI is InChI=1S/C31H37Cl2N7O2.C30H36Cl2N2O3/c1-5-6-25(19-7-9-20(10-8-19)28(41)34-18-26-36-38-39-37-26)40-29(42)27(21-15-23(32)17-24(33)16-21)35-31(40)13-11-22(12-14-31)30(2,3)4;1-6-7-25(19-8-10-20(11-9-19)28(36)37-5)34-27(35)26(21-16-23(31)18-24(32)17-21)33-30(34)14-12-22(13-15-30)29(2,3)4/h7-10,15-17,22,25H,5-6,11-14,18H2,1-4H3,(H,34,41)(H,36,37,38,39);8-11,16-18,22,25H,6-7,12-15H2,1-5H3/t22?,25-,31?;22?,25-,30?/m11/s1. The van der Waals surface area contributed by atoms with Gasteiger partial charge in [0.2, 0.25) is 0 Å². The van der Waals surface area contributed by atoms with E-state index in [9.17, 15) is 19.2 Å². The van der Waals surface area contributed by atoms with E-state index in [2.05, 4.69) is 81.3 Å². The van der Waals surface area contributed by atoms with E-state index in [1.54, 1.807) is 60.7 Å². The highest BCUT2D eigenvalue weighted by molar-refractivity contribution is 6.48. The van der Waals surface area contributed by atoms with Gasteiger partial charge in [-0.2, -0.15) is 5.21 Å². The van der Waals surface area contributed by atoms with Gasteiger partial charge in [0.25, 0.3) is 17.7 Å². The van der Waals surface area contributed by atoms with Crippen molar-refractivity contribution in [2.24, 2.45) is 32.7 Å². The number of tetrazole rings is 1. The second-order valence-electron chi connectivity index (χ2n) is 23.7. The molecule has 14 nitrogen and oxygen atoms in total. The van der Waals surface area contributed by atoms with Crippen LogP contribution in [0.2, 0.25) is 20.1 Å². The lowest BCUT2D eigenvalue weighted by molar-refractivity contribution is -0.134. The van der Waals surface area contributed by atoms with Crippen LogP contribution in [-0.2, 0) is 20.9 Å². The third-order valence-corrected chi connectivity index (χ3v) is 17.4. The maximum Gasteiger partial charge on any atom is 0.337 e. The number of benzene rings is 4. The molecular weight excluding hydrogens is 1080 g/mol. The average molecular weight is 1150 g/mol. The summed E-state index contributed by atoms with van der Waals surface area (Å²) in [5.41, 5.74) is 4.19. The summed E-state index contributed by atoms with van der Waals surface area (Å²) in [7, 11) is 1.37. The fourth-order valence-corrected chi connectivity index (χ4v) is 13.3. The molecule has 0 bridgehead atoms. The minimum absolute atomic E-state index is 0.0944. The molecule has 18 heteroatoms. The van der Waals surface area contributed by atoms with Gasteiger partial charge in [-0.25, -0.2) is 4.79 Å². The monoisotopic (exact) mass is 1150 g/mol. The van der Waals surface area contributed by atoms with Crippen LogP contribution in [0, 0.1) is 22.7 Å². The van der Waals surface area contributed by atoms with Crippen molar-refractivity contribution in [3.63, 3.8) is 0 Å². The predicted molar refractivity (Wildman–Crippen MR) is 313 cm³/mol. The number of aliphatic imine (C=N–C) groups is 2. The Morgan fingerprint density at radius 1 is 0.646 bits per heavy atom. The number of ether oxygens (including phenoxy) is 1. The molecule has 0 radical (unpaired) electrons. The molecule has 2 fully saturated rings. The van der Waals surface area contributed by atoms with Crippen molar-refractivity contribution in [1.82, 2.24) is 35.7 Å². The lowest BCUT2D eigenvalue weighted by Crippen LogP contribution is -2.51. The molecule has 2 aliphatic heterocycles. The van der Waals surface area contributed by atoms with Gasteiger partial charge >= 0.3 is 5.97 Å². The van der Waals surface area contributed by atoms with Crippen LogP contribution in [0.15, 0.2) is 94.9 Å². The fraction of sp³-hybridized carbons (Fsp3) is 0.492. The molecule has 3 amide bonds. The number of rotatable bonds is 14. The summed E-state index contributed by atoms with van der Waals surface area (Å²) in [5.74, 6) is 0.700. The zero-order chi connectivity index (χ0) is 57.0. The number of amides is 3. The van der Waals surface area contributed by atoms with Gasteiger partial charge in [-0.3, -0.25) is 24.4 Å². The lowest BCUT2D eigenvalue weighted by Gasteiger charge is -2.47. The first-order valence-electron chi connectivity index (χ1n) is 27.6. The summed E-state index contributed by atoms with van der Waals surface area (Å²) in [5, 5.41) is 18.3. The molecule has 0 unspecified atom stereocenters. The minimum Gasteiger partial charge on any atom is -0.465 e. The molecule has 5 aromatic rings. The van der Waals surface area contributed by atoms with Crippen molar-refractivity contribution in [2.75, 3.05) is 7.11 Å². The maximum absolute atomic E-state index is 14.4. The quantitative estimate of drug-likeness (QED) is 0.103. The molecule has 2 spiro atoms. The van der Waals surface area contributed by atoms with Gasteiger partial charge in [0.1, 0.15) is 22.7 Å². The van der Waals surface area contributed by atoms with Crippen LogP contribution in [0.4, 0.5) is 0 Å². The van der Waals surface area contributed by atoms with Crippen LogP contribution in [0.25, 0.3) is 0 Å². The largest absolute Gasteiger partial charge is 0.465 e. The first kappa shape index (κ1) is 59.5. The summed E-state index contributed by atoms with van der Waals surface area (Å²) < 4.78 is 4.87. The Bertz CT molecular complexity index is 3020. The van der Waals surface area contributed by atoms with E-state index in [1.807, 2.05) is 34.1 Å². The van der Waals surface area contributed by atoms with Gasteiger partial charge in [0.15, 0.2) is 5.82 Å². The van der Waals surface area contributed by atoms with Crippen LogP contribution in [0.1, 0.15) is 193 Å².